The molecule has 0 atom stereocenters. The van der Waals surface area contributed by atoms with Crippen molar-refractivity contribution in [1.82, 2.24) is 15.0 Å². The minimum absolute atomic E-state index is 0.650. The molecule has 8 aromatic carbocycles. The van der Waals surface area contributed by atoms with Gasteiger partial charge in [-0.15, -0.1) is 22.7 Å². The molecular weight excluding hydrogens is 735 g/mol. The van der Waals surface area contributed by atoms with E-state index in [9.17, 15) is 0 Å². The summed E-state index contributed by atoms with van der Waals surface area (Å²) in [7, 11) is 0. The maximum Gasteiger partial charge on any atom is 0.165 e. The molecule has 0 aliphatic carbocycles. The van der Waals surface area contributed by atoms with Crippen molar-refractivity contribution in [3.63, 3.8) is 0 Å². The Bertz CT molecular complexity index is 3470. The molecule has 0 bridgehead atoms. The zero-order chi connectivity index (χ0) is 37.5. The van der Waals surface area contributed by atoms with Crippen molar-refractivity contribution < 1.29 is 4.42 Å². The summed E-state index contributed by atoms with van der Waals surface area (Å²) in [4.78, 5) is 15.2. The monoisotopic (exact) mass is 763 g/mol. The number of para-hydroxylation sites is 1. The predicted octanol–water partition coefficient (Wildman–Crippen LogP) is 14.8. The van der Waals surface area contributed by atoms with Crippen molar-refractivity contribution in [2.45, 2.75) is 0 Å². The first-order valence-corrected chi connectivity index (χ1v) is 20.6. The molecule has 4 nitrogen and oxygen atoms in total. The standard InChI is InChI=1S/C51H29N3OS2/c1-3-13-30(14-4-1)49-52-50(31-15-5-2-6-16-31)54-51(53-49)41-22-12-21-39-38-20-11-19-37(47(38)57-48(39)41)36-28-27-33(45-40-18-7-9-23-42(40)55-46(36)45)32-25-26-35-34-17-8-10-24-43(34)56-44(35)29-32/h1-29H. The topological polar surface area (TPSA) is 51.8 Å². The molecule has 4 aromatic heterocycles. The van der Waals surface area contributed by atoms with E-state index in [1.54, 1.807) is 11.3 Å². The van der Waals surface area contributed by atoms with Crippen LogP contribution >= 0.6 is 22.7 Å². The average Bonchev–Trinajstić information content (AvgIpc) is 3.98. The van der Waals surface area contributed by atoms with Crippen molar-refractivity contribution in [1.29, 1.82) is 0 Å². The van der Waals surface area contributed by atoms with Crippen LogP contribution in [-0.2, 0) is 0 Å². The van der Waals surface area contributed by atoms with Gasteiger partial charge in [0.15, 0.2) is 17.5 Å². The van der Waals surface area contributed by atoms with E-state index in [0.717, 1.165) is 54.5 Å². The number of benzene rings is 8. The number of furan rings is 1. The molecule has 266 valence electrons. The second kappa shape index (κ2) is 12.8. The van der Waals surface area contributed by atoms with Crippen LogP contribution in [0.3, 0.4) is 0 Å². The quantitative estimate of drug-likeness (QED) is 0.175. The number of rotatable bonds is 5. The van der Waals surface area contributed by atoms with E-state index in [4.69, 9.17) is 19.4 Å². The first-order chi connectivity index (χ1) is 28.2. The van der Waals surface area contributed by atoms with Gasteiger partial charge in [-0.25, -0.2) is 15.0 Å². The molecule has 0 aliphatic rings. The van der Waals surface area contributed by atoms with E-state index in [1.807, 2.05) is 72.0 Å². The molecule has 0 amide bonds. The maximum atomic E-state index is 6.84. The van der Waals surface area contributed by atoms with Crippen molar-refractivity contribution in [2.75, 3.05) is 0 Å². The first kappa shape index (κ1) is 32.3. The van der Waals surface area contributed by atoms with Gasteiger partial charge in [0.2, 0.25) is 0 Å². The molecule has 0 unspecified atom stereocenters. The zero-order valence-electron chi connectivity index (χ0n) is 30.3. The highest BCUT2D eigenvalue weighted by Crippen LogP contribution is 2.48. The molecule has 0 fully saturated rings. The Hall–Kier alpha value is -6.99. The van der Waals surface area contributed by atoms with Crippen LogP contribution in [-0.4, -0.2) is 15.0 Å². The van der Waals surface area contributed by atoms with Gasteiger partial charge in [0, 0.05) is 78.9 Å². The van der Waals surface area contributed by atoms with Gasteiger partial charge in [0.25, 0.3) is 0 Å². The zero-order valence-corrected chi connectivity index (χ0v) is 31.9. The lowest BCUT2D eigenvalue weighted by atomic mass is 9.93. The molecule has 0 spiro atoms. The van der Waals surface area contributed by atoms with E-state index in [-0.39, 0.29) is 0 Å². The Morgan fingerprint density at radius 1 is 0.351 bits per heavy atom. The Morgan fingerprint density at radius 2 is 0.930 bits per heavy atom. The van der Waals surface area contributed by atoms with Crippen LogP contribution in [0.25, 0.3) is 119 Å². The van der Waals surface area contributed by atoms with Crippen LogP contribution in [0.1, 0.15) is 0 Å². The minimum atomic E-state index is 0.650. The third-order valence-electron chi connectivity index (χ3n) is 11.0. The Balaban J connectivity index is 1.06. The minimum Gasteiger partial charge on any atom is -0.455 e. The number of aromatic nitrogens is 3. The molecule has 57 heavy (non-hydrogen) atoms. The Labute approximate surface area is 335 Å². The molecule has 0 N–H and O–H groups in total. The van der Waals surface area contributed by atoms with Gasteiger partial charge in [-0.3, -0.25) is 0 Å². The fourth-order valence-corrected chi connectivity index (χ4v) is 10.8. The molecule has 0 aliphatic heterocycles. The SMILES string of the molecule is c1ccc(-c2nc(-c3ccccc3)nc(-c3cccc4c3sc3c(-c5ccc(-c6ccc7c(c6)sc6ccccc67)c6c5oc5ccccc56)cccc34)n2)cc1. The summed E-state index contributed by atoms with van der Waals surface area (Å²) < 4.78 is 11.8. The average molecular weight is 764 g/mol. The number of thiophene rings is 2. The lowest BCUT2D eigenvalue weighted by molar-refractivity contribution is 0.670. The van der Waals surface area contributed by atoms with Gasteiger partial charge >= 0.3 is 0 Å². The van der Waals surface area contributed by atoms with Gasteiger partial charge in [-0.05, 0) is 41.5 Å². The summed E-state index contributed by atoms with van der Waals surface area (Å²) in [5, 5.41) is 7.22. The maximum absolute atomic E-state index is 6.84. The Morgan fingerprint density at radius 3 is 1.68 bits per heavy atom. The van der Waals surface area contributed by atoms with E-state index in [2.05, 4.69) is 115 Å². The van der Waals surface area contributed by atoms with Gasteiger partial charge in [-0.1, -0.05) is 146 Å². The highest BCUT2D eigenvalue weighted by molar-refractivity contribution is 7.27. The predicted molar refractivity (Wildman–Crippen MR) is 240 cm³/mol. The summed E-state index contributed by atoms with van der Waals surface area (Å²) in [5.41, 5.74) is 9.23. The second-order valence-corrected chi connectivity index (χ2v) is 16.4. The molecular formula is C51H29N3OS2. The van der Waals surface area contributed by atoms with Crippen LogP contribution < -0.4 is 0 Å². The lowest BCUT2D eigenvalue weighted by Crippen LogP contribution is -2.00. The lowest BCUT2D eigenvalue weighted by Gasteiger charge is -2.10. The van der Waals surface area contributed by atoms with E-state index >= 15 is 0 Å². The first-order valence-electron chi connectivity index (χ1n) is 18.9. The summed E-state index contributed by atoms with van der Waals surface area (Å²) >= 11 is 3.64. The fraction of sp³-hybridized carbons (Fsp3) is 0. The number of nitrogens with zero attached hydrogens (tertiary/aromatic N) is 3. The summed E-state index contributed by atoms with van der Waals surface area (Å²) in [5.74, 6) is 1.95. The number of hydrogen-bond donors (Lipinski definition) is 0. The van der Waals surface area contributed by atoms with Crippen LogP contribution in [0.2, 0.25) is 0 Å². The van der Waals surface area contributed by atoms with Crippen LogP contribution in [0.5, 0.6) is 0 Å². The summed E-state index contributed by atoms with van der Waals surface area (Å²) in [6.07, 6.45) is 0. The third kappa shape index (κ3) is 5.15. The molecule has 4 heterocycles. The summed E-state index contributed by atoms with van der Waals surface area (Å²) in [6.45, 7) is 0. The van der Waals surface area contributed by atoms with Crippen molar-refractivity contribution in [3.05, 3.63) is 176 Å². The largest absolute Gasteiger partial charge is 0.455 e. The normalized spacial score (nSPS) is 11.9. The second-order valence-electron chi connectivity index (χ2n) is 14.3. The third-order valence-corrected chi connectivity index (χ3v) is 13.4. The van der Waals surface area contributed by atoms with Crippen LogP contribution in [0, 0.1) is 0 Å². The highest BCUT2D eigenvalue weighted by Gasteiger charge is 2.22. The van der Waals surface area contributed by atoms with Crippen LogP contribution in [0.4, 0.5) is 0 Å². The van der Waals surface area contributed by atoms with Gasteiger partial charge in [-0.2, -0.15) is 0 Å². The molecule has 0 saturated carbocycles. The van der Waals surface area contributed by atoms with Gasteiger partial charge in [0.05, 0.1) is 0 Å². The smallest absolute Gasteiger partial charge is 0.165 e. The number of fused-ring (bicyclic) bond motifs is 9. The molecule has 6 heteroatoms. The van der Waals surface area contributed by atoms with Crippen molar-refractivity contribution >= 4 is 85.0 Å². The van der Waals surface area contributed by atoms with Crippen molar-refractivity contribution in [2.24, 2.45) is 0 Å². The van der Waals surface area contributed by atoms with E-state index < -0.39 is 0 Å². The van der Waals surface area contributed by atoms with Gasteiger partial charge in [0.1, 0.15) is 11.2 Å². The molecule has 0 radical (unpaired) electrons. The van der Waals surface area contributed by atoms with Crippen LogP contribution in [0.15, 0.2) is 180 Å². The highest BCUT2D eigenvalue weighted by atomic mass is 32.1. The van der Waals surface area contributed by atoms with Crippen molar-refractivity contribution in [3.8, 4) is 56.4 Å². The van der Waals surface area contributed by atoms with Gasteiger partial charge < -0.3 is 4.42 Å². The molecule has 12 aromatic rings. The molecule has 0 saturated heterocycles. The van der Waals surface area contributed by atoms with E-state index in [1.165, 1.54) is 46.8 Å². The Kier molecular flexibility index (Phi) is 7.24. The summed E-state index contributed by atoms with van der Waals surface area (Å²) in [6, 6.07) is 61.9. The van der Waals surface area contributed by atoms with E-state index in [0.29, 0.717) is 17.5 Å². The fourth-order valence-electron chi connectivity index (χ4n) is 8.31. The molecule has 12 rings (SSSR count). The number of hydrogen-bond acceptors (Lipinski definition) is 6.